The summed E-state index contributed by atoms with van der Waals surface area (Å²) in [5.41, 5.74) is 8.21. The van der Waals surface area contributed by atoms with Crippen molar-refractivity contribution in [2.75, 3.05) is 14.2 Å². The number of carbonyl (C=O) groups is 2. The number of nitrogens with one attached hydrogen (secondary N) is 3. The summed E-state index contributed by atoms with van der Waals surface area (Å²) in [6.07, 6.45) is 1.40. The number of methoxy groups -OCH3 is 1. The predicted molar refractivity (Wildman–Crippen MR) is 181 cm³/mol. The number of benzene rings is 4. The number of furan rings is 1. The number of hydrogen-bond acceptors (Lipinski definition) is 6. The van der Waals surface area contributed by atoms with E-state index in [1.807, 2.05) is 91.9 Å². The first kappa shape index (κ1) is 30.4. The van der Waals surface area contributed by atoms with Crippen molar-refractivity contribution in [1.29, 1.82) is 0 Å². The standard InChI is InChI=1S/C37H35N5O4/c1-22-14-15-26(35(43)41-37(18-19-37)23(2)40-34(42-38)27-12-8-9-13-30(27)45-4)21-28(22)25-16-17-31-29(20-25)32(36(44)39-3)33(46-31)24-10-6-5-7-11-24/h5-17,20-21H,2,18-19,38H2,1,3-4H3,(H,39,44)(H,40,42)(H,41,43). The third-order valence-corrected chi connectivity index (χ3v) is 8.39. The molecule has 1 heterocycles. The highest BCUT2D eigenvalue weighted by molar-refractivity contribution is 6.12. The SMILES string of the molecule is C=C(N=C(NN)c1ccccc1OC)C1(NC(=O)c2ccc(C)c(-c3ccc4oc(-c5ccccc5)c(C(=O)NC)c4c3)c2)CC1. The molecule has 0 aliphatic heterocycles. The third-order valence-electron chi connectivity index (χ3n) is 8.39. The average molecular weight is 614 g/mol. The lowest BCUT2D eigenvalue weighted by Crippen LogP contribution is -2.39. The van der Waals surface area contributed by atoms with Gasteiger partial charge in [0.2, 0.25) is 0 Å². The van der Waals surface area contributed by atoms with Gasteiger partial charge in [0.15, 0.2) is 5.84 Å². The minimum Gasteiger partial charge on any atom is -0.496 e. The monoisotopic (exact) mass is 613 g/mol. The first-order chi connectivity index (χ1) is 22.3. The lowest BCUT2D eigenvalue weighted by Gasteiger charge is -2.19. The molecule has 0 spiro atoms. The molecule has 1 aliphatic carbocycles. The van der Waals surface area contributed by atoms with Crippen LogP contribution in [-0.4, -0.2) is 37.3 Å². The fourth-order valence-corrected chi connectivity index (χ4v) is 5.64. The van der Waals surface area contributed by atoms with Crippen molar-refractivity contribution in [2.24, 2.45) is 10.8 Å². The largest absolute Gasteiger partial charge is 0.496 e. The molecule has 0 saturated heterocycles. The van der Waals surface area contributed by atoms with E-state index in [2.05, 4.69) is 27.6 Å². The Morgan fingerprint density at radius 3 is 2.37 bits per heavy atom. The molecule has 0 atom stereocenters. The van der Waals surface area contributed by atoms with Crippen LogP contribution in [0, 0.1) is 6.92 Å². The van der Waals surface area contributed by atoms with Crippen LogP contribution in [0.2, 0.25) is 0 Å². The van der Waals surface area contributed by atoms with Gasteiger partial charge in [-0.05, 0) is 72.9 Å². The van der Waals surface area contributed by atoms with E-state index in [1.54, 1.807) is 20.2 Å². The predicted octanol–water partition coefficient (Wildman–Crippen LogP) is 6.13. The zero-order valence-corrected chi connectivity index (χ0v) is 25.9. The number of hydrazine groups is 1. The summed E-state index contributed by atoms with van der Waals surface area (Å²) >= 11 is 0. The molecule has 0 bridgehead atoms. The van der Waals surface area contributed by atoms with Crippen LogP contribution in [0.3, 0.4) is 0 Å². The van der Waals surface area contributed by atoms with Crippen molar-refractivity contribution < 1.29 is 18.7 Å². The summed E-state index contributed by atoms with van der Waals surface area (Å²) in [5, 5.41) is 6.60. The van der Waals surface area contributed by atoms with E-state index in [0.717, 1.165) is 22.3 Å². The number of hydrogen-bond donors (Lipinski definition) is 4. The molecule has 0 radical (unpaired) electrons. The summed E-state index contributed by atoms with van der Waals surface area (Å²) in [6, 6.07) is 28.3. The second-order valence-electron chi connectivity index (χ2n) is 11.3. The lowest BCUT2D eigenvalue weighted by atomic mass is 9.95. The van der Waals surface area contributed by atoms with Gasteiger partial charge in [-0.3, -0.25) is 9.59 Å². The van der Waals surface area contributed by atoms with E-state index in [-0.39, 0.29) is 11.8 Å². The van der Waals surface area contributed by atoms with Gasteiger partial charge in [0, 0.05) is 23.6 Å². The van der Waals surface area contributed by atoms with E-state index in [9.17, 15) is 9.59 Å². The molecule has 2 amide bonds. The molecule has 6 rings (SSSR count). The molecular formula is C37H35N5O4. The van der Waals surface area contributed by atoms with E-state index in [4.69, 9.17) is 15.0 Å². The Morgan fingerprint density at radius 1 is 0.935 bits per heavy atom. The Hall–Kier alpha value is -5.67. The smallest absolute Gasteiger partial charge is 0.255 e. The van der Waals surface area contributed by atoms with E-state index >= 15 is 0 Å². The normalized spacial score (nSPS) is 13.6. The van der Waals surface area contributed by atoms with Gasteiger partial charge in [-0.25, -0.2) is 10.8 Å². The fourth-order valence-electron chi connectivity index (χ4n) is 5.64. The number of fused-ring (bicyclic) bond motifs is 1. The average Bonchev–Trinajstić information content (AvgIpc) is 3.78. The van der Waals surface area contributed by atoms with Gasteiger partial charge in [0.25, 0.3) is 11.8 Å². The first-order valence-electron chi connectivity index (χ1n) is 14.9. The maximum atomic E-state index is 13.7. The maximum absolute atomic E-state index is 13.7. The Balaban J connectivity index is 1.30. The van der Waals surface area contributed by atoms with Crippen molar-refractivity contribution in [3.8, 4) is 28.2 Å². The molecule has 4 aromatic carbocycles. The molecule has 0 unspecified atom stereocenters. The van der Waals surface area contributed by atoms with Crippen LogP contribution in [0.5, 0.6) is 5.75 Å². The van der Waals surface area contributed by atoms with Crippen LogP contribution in [-0.2, 0) is 0 Å². The van der Waals surface area contributed by atoms with E-state index in [0.29, 0.717) is 63.5 Å². The van der Waals surface area contributed by atoms with Gasteiger partial charge in [0.1, 0.15) is 17.1 Å². The van der Waals surface area contributed by atoms with Crippen molar-refractivity contribution in [2.45, 2.75) is 25.3 Å². The van der Waals surface area contributed by atoms with Crippen LogP contribution in [0.1, 0.15) is 44.7 Å². The summed E-state index contributed by atoms with van der Waals surface area (Å²) in [6.45, 7) is 6.18. The first-order valence-corrected chi connectivity index (χ1v) is 14.9. The Morgan fingerprint density at radius 2 is 1.67 bits per heavy atom. The zero-order chi connectivity index (χ0) is 32.4. The topological polar surface area (TPSA) is 131 Å². The summed E-state index contributed by atoms with van der Waals surface area (Å²) in [4.78, 5) is 31.4. The molecule has 1 saturated carbocycles. The molecule has 9 nitrogen and oxygen atoms in total. The zero-order valence-electron chi connectivity index (χ0n) is 25.9. The third kappa shape index (κ3) is 5.64. The fraction of sp³-hybridized carbons (Fsp3) is 0.162. The Labute approximate surface area is 267 Å². The van der Waals surface area contributed by atoms with Crippen molar-refractivity contribution >= 4 is 28.6 Å². The highest BCUT2D eigenvalue weighted by Gasteiger charge is 2.47. The molecule has 1 aliphatic rings. The van der Waals surface area contributed by atoms with Gasteiger partial charge in [-0.2, -0.15) is 0 Å². The minimum absolute atomic E-state index is 0.239. The van der Waals surface area contributed by atoms with Crippen LogP contribution in [0.25, 0.3) is 33.4 Å². The van der Waals surface area contributed by atoms with E-state index < -0.39 is 5.54 Å². The quantitative estimate of drug-likeness (QED) is 0.0685. The number of carbonyl (C=O) groups excluding carboxylic acids is 2. The Kier molecular flexibility index (Phi) is 8.17. The van der Waals surface area contributed by atoms with Crippen molar-refractivity contribution in [3.05, 3.63) is 126 Å². The van der Waals surface area contributed by atoms with E-state index in [1.165, 1.54) is 0 Å². The van der Waals surface area contributed by atoms with Crippen molar-refractivity contribution in [3.63, 3.8) is 0 Å². The Bertz CT molecular complexity index is 2010. The highest BCUT2D eigenvalue weighted by Crippen LogP contribution is 2.43. The molecule has 232 valence electrons. The summed E-state index contributed by atoms with van der Waals surface area (Å²) in [7, 11) is 3.18. The highest BCUT2D eigenvalue weighted by atomic mass is 16.5. The molecule has 5 aromatic rings. The number of nitrogens with two attached hydrogens (primary N) is 1. The van der Waals surface area contributed by atoms with Crippen LogP contribution in [0.4, 0.5) is 0 Å². The molecule has 1 aromatic heterocycles. The number of para-hydroxylation sites is 1. The van der Waals surface area contributed by atoms with Gasteiger partial charge in [0.05, 0.1) is 29.5 Å². The summed E-state index contributed by atoms with van der Waals surface area (Å²) < 4.78 is 11.6. The van der Waals surface area contributed by atoms with Gasteiger partial charge in [-0.15, -0.1) is 0 Å². The number of aliphatic imine (C=N–C) groups is 1. The van der Waals surface area contributed by atoms with Gasteiger partial charge >= 0.3 is 0 Å². The maximum Gasteiger partial charge on any atom is 0.255 e. The number of rotatable bonds is 9. The molecule has 1 fully saturated rings. The van der Waals surface area contributed by atoms with Crippen LogP contribution >= 0.6 is 0 Å². The lowest BCUT2D eigenvalue weighted by molar-refractivity contribution is 0.0935. The number of nitrogens with zero attached hydrogens (tertiary/aromatic N) is 1. The van der Waals surface area contributed by atoms with Gasteiger partial charge < -0.3 is 25.2 Å². The summed E-state index contributed by atoms with van der Waals surface area (Å²) in [5.74, 6) is 6.86. The molecular weight excluding hydrogens is 578 g/mol. The minimum atomic E-state index is -0.682. The van der Waals surface area contributed by atoms with Crippen molar-refractivity contribution in [1.82, 2.24) is 16.1 Å². The number of aryl methyl sites for hydroxylation is 1. The molecule has 46 heavy (non-hydrogen) atoms. The van der Waals surface area contributed by atoms with Gasteiger partial charge in [-0.1, -0.05) is 61.2 Å². The molecule has 5 N–H and O–H groups in total. The second-order valence-corrected chi connectivity index (χ2v) is 11.3. The van der Waals surface area contributed by atoms with Crippen LogP contribution < -0.4 is 26.6 Å². The number of amidine groups is 1. The number of amides is 2. The second kappa shape index (κ2) is 12.4. The molecule has 9 heteroatoms. The van der Waals surface area contributed by atoms with Crippen LogP contribution in [0.15, 0.2) is 113 Å². The number of ether oxygens (including phenoxy) is 1.